The van der Waals surface area contributed by atoms with E-state index in [0.717, 1.165) is 19.3 Å². The Labute approximate surface area is 187 Å². The van der Waals surface area contributed by atoms with Crippen LogP contribution in [0.4, 0.5) is 35.1 Å². The van der Waals surface area contributed by atoms with Gasteiger partial charge in [-0.25, -0.2) is 8.78 Å². The largest absolute Gasteiger partial charge is 0.461 e. The van der Waals surface area contributed by atoms with Gasteiger partial charge in [0.05, 0.1) is 0 Å². The van der Waals surface area contributed by atoms with E-state index in [9.17, 15) is 44.7 Å². The van der Waals surface area contributed by atoms with Crippen molar-refractivity contribution in [3.8, 4) is 0 Å². The van der Waals surface area contributed by atoms with Gasteiger partial charge in [-0.3, -0.25) is 9.59 Å². The van der Waals surface area contributed by atoms with Gasteiger partial charge in [0.25, 0.3) is 0 Å². The number of allylic oxidation sites excluding steroid dienone is 1. The van der Waals surface area contributed by atoms with Crippen LogP contribution in [0.25, 0.3) is 0 Å². The second-order valence-corrected chi connectivity index (χ2v) is 7.43. The van der Waals surface area contributed by atoms with E-state index < -0.39 is 49.2 Å². The molecule has 0 aromatic rings. The number of carbonyl (C=O) groups excluding carboxylic acids is 2. The molecule has 0 unspecified atom stereocenters. The zero-order chi connectivity index (χ0) is 25.5. The van der Waals surface area contributed by atoms with Crippen molar-refractivity contribution in [2.24, 2.45) is 0 Å². The molecule has 0 saturated heterocycles. The molecule has 0 radical (unpaired) electrons. The van der Waals surface area contributed by atoms with E-state index in [1.54, 1.807) is 6.08 Å². The first-order valence-electron chi connectivity index (χ1n) is 10.7. The molecule has 0 aliphatic heterocycles. The molecule has 0 N–H and O–H groups in total. The molecular formula is C21H30F8O4. The molecule has 0 saturated carbocycles. The molecule has 0 aromatic carbocycles. The molecule has 0 bridgehead atoms. The highest BCUT2D eigenvalue weighted by Gasteiger charge is 2.75. The maximum atomic E-state index is 13.3. The third kappa shape index (κ3) is 11.2. The predicted octanol–water partition coefficient (Wildman–Crippen LogP) is 6.72. The van der Waals surface area contributed by atoms with E-state index in [0.29, 0.717) is 0 Å². The maximum Gasteiger partial charge on any atom is 0.381 e. The van der Waals surface area contributed by atoms with E-state index in [2.05, 4.69) is 11.7 Å². The summed E-state index contributed by atoms with van der Waals surface area (Å²) in [5.74, 6) is -20.7. The predicted molar refractivity (Wildman–Crippen MR) is 104 cm³/mol. The number of carbonyl (C=O) groups is 2. The number of halogens is 8. The average Bonchev–Trinajstić information content (AvgIpc) is 2.73. The van der Waals surface area contributed by atoms with Crippen LogP contribution in [0.2, 0.25) is 0 Å². The lowest BCUT2D eigenvalue weighted by molar-refractivity contribution is -0.344. The second-order valence-electron chi connectivity index (χ2n) is 7.43. The fourth-order valence-corrected chi connectivity index (χ4v) is 2.53. The molecule has 0 rings (SSSR count). The van der Waals surface area contributed by atoms with Crippen molar-refractivity contribution in [3.63, 3.8) is 0 Å². The Bertz CT molecular complexity index is 609. The molecule has 0 fully saturated rings. The Balaban J connectivity index is 4.09. The number of alkyl halides is 8. The highest BCUT2D eigenvalue weighted by atomic mass is 19.4. The molecule has 0 amide bonds. The van der Waals surface area contributed by atoms with Gasteiger partial charge in [-0.15, -0.1) is 0 Å². The molecule has 0 aromatic heterocycles. The van der Waals surface area contributed by atoms with Gasteiger partial charge in [0, 0.05) is 12.8 Å². The van der Waals surface area contributed by atoms with Gasteiger partial charge < -0.3 is 9.47 Å². The Morgan fingerprint density at radius 1 is 0.788 bits per heavy atom. The summed E-state index contributed by atoms with van der Waals surface area (Å²) in [6.45, 7) is -0.386. The quantitative estimate of drug-likeness (QED) is 0.0911. The molecule has 0 heterocycles. The number of hydrogen-bond acceptors (Lipinski definition) is 4. The standard InChI is InChI=1S/C21H30F8O4/c1-2-3-4-5-6-7-8-9-10-14-32-16(30)12-11-13-17(31)33-15-19(24,25)21(28,29)20(26,27)18(22)23/h9-10,18H,2-8,11-15H2,1H3/b10-9+. The maximum absolute atomic E-state index is 13.3. The zero-order valence-corrected chi connectivity index (χ0v) is 18.4. The smallest absolute Gasteiger partial charge is 0.381 e. The summed E-state index contributed by atoms with van der Waals surface area (Å²) in [5, 5.41) is 0. The molecule has 194 valence electrons. The summed E-state index contributed by atoms with van der Waals surface area (Å²) >= 11 is 0. The van der Waals surface area contributed by atoms with Gasteiger partial charge >= 0.3 is 36.1 Å². The van der Waals surface area contributed by atoms with Gasteiger partial charge in [0.2, 0.25) is 0 Å². The van der Waals surface area contributed by atoms with E-state index in [4.69, 9.17) is 4.74 Å². The number of rotatable bonds is 18. The van der Waals surface area contributed by atoms with Crippen LogP contribution in [0.3, 0.4) is 0 Å². The Morgan fingerprint density at radius 2 is 1.33 bits per heavy atom. The summed E-state index contributed by atoms with van der Waals surface area (Å²) in [6.07, 6.45) is 4.95. The van der Waals surface area contributed by atoms with Crippen molar-refractivity contribution in [3.05, 3.63) is 12.2 Å². The van der Waals surface area contributed by atoms with Crippen LogP contribution in [0, 0.1) is 0 Å². The minimum Gasteiger partial charge on any atom is -0.461 e. The van der Waals surface area contributed by atoms with Crippen molar-refractivity contribution in [1.29, 1.82) is 0 Å². The summed E-state index contributed by atoms with van der Waals surface area (Å²) in [7, 11) is 0. The van der Waals surface area contributed by atoms with Crippen molar-refractivity contribution in [2.45, 2.75) is 95.3 Å². The minimum absolute atomic E-state index is 0.00122. The first kappa shape index (κ1) is 31.1. The topological polar surface area (TPSA) is 52.6 Å². The summed E-state index contributed by atoms with van der Waals surface area (Å²) in [4.78, 5) is 22.8. The number of esters is 2. The van der Waals surface area contributed by atoms with Crippen LogP contribution < -0.4 is 0 Å². The fourth-order valence-electron chi connectivity index (χ4n) is 2.53. The second kappa shape index (κ2) is 15.1. The highest BCUT2D eigenvalue weighted by Crippen LogP contribution is 2.48. The van der Waals surface area contributed by atoms with Crippen LogP contribution in [0.5, 0.6) is 0 Å². The third-order valence-electron chi connectivity index (χ3n) is 4.56. The van der Waals surface area contributed by atoms with Crippen molar-refractivity contribution >= 4 is 11.9 Å². The Morgan fingerprint density at radius 3 is 1.91 bits per heavy atom. The van der Waals surface area contributed by atoms with E-state index >= 15 is 0 Å². The molecule has 0 atom stereocenters. The van der Waals surface area contributed by atoms with Gasteiger partial charge in [0.15, 0.2) is 6.61 Å². The van der Waals surface area contributed by atoms with Crippen molar-refractivity contribution < 1.29 is 54.2 Å². The first-order chi connectivity index (χ1) is 15.3. The van der Waals surface area contributed by atoms with Crippen LogP contribution in [0.1, 0.15) is 71.1 Å². The van der Waals surface area contributed by atoms with Crippen molar-refractivity contribution in [1.82, 2.24) is 0 Å². The summed E-state index contributed by atoms with van der Waals surface area (Å²) < 4.78 is 111. The first-order valence-corrected chi connectivity index (χ1v) is 10.7. The molecule has 0 spiro atoms. The van der Waals surface area contributed by atoms with Gasteiger partial charge in [0.1, 0.15) is 6.61 Å². The van der Waals surface area contributed by atoms with Crippen molar-refractivity contribution in [2.75, 3.05) is 13.2 Å². The van der Waals surface area contributed by atoms with E-state index in [1.807, 2.05) is 6.08 Å². The van der Waals surface area contributed by atoms with Crippen LogP contribution in [-0.4, -0.2) is 49.3 Å². The fraction of sp³-hybridized carbons (Fsp3) is 0.810. The number of ether oxygens (including phenoxy) is 2. The lowest BCUT2D eigenvalue weighted by Gasteiger charge is -2.31. The SMILES string of the molecule is CCCCCCCC/C=C/COC(=O)CCCC(=O)OCC(F)(F)C(F)(F)C(F)(F)C(F)F. The van der Waals surface area contributed by atoms with Crippen LogP contribution >= 0.6 is 0 Å². The number of unbranched alkanes of at least 4 members (excludes halogenated alkanes) is 6. The monoisotopic (exact) mass is 498 g/mol. The molecule has 4 nitrogen and oxygen atoms in total. The van der Waals surface area contributed by atoms with E-state index in [-0.39, 0.29) is 19.4 Å². The summed E-state index contributed by atoms with van der Waals surface area (Å²) in [5.41, 5.74) is 0. The highest BCUT2D eigenvalue weighted by molar-refractivity contribution is 5.72. The third-order valence-corrected chi connectivity index (χ3v) is 4.56. The number of hydrogen-bond donors (Lipinski definition) is 0. The lowest BCUT2D eigenvalue weighted by atomic mass is 10.1. The van der Waals surface area contributed by atoms with Crippen LogP contribution in [-0.2, 0) is 19.1 Å². The minimum atomic E-state index is -6.44. The van der Waals surface area contributed by atoms with Gasteiger partial charge in [-0.05, 0) is 19.3 Å². The zero-order valence-electron chi connectivity index (χ0n) is 18.4. The molecule has 0 aliphatic carbocycles. The lowest BCUT2D eigenvalue weighted by Crippen LogP contribution is -2.59. The van der Waals surface area contributed by atoms with Crippen LogP contribution in [0.15, 0.2) is 12.2 Å². The average molecular weight is 498 g/mol. The Kier molecular flexibility index (Phi) is 14.2. The Hall–Kier alpha value is -1.88. The van der Waals surface area contributed by atoms with E-state index in [1.165, 1.54) is 25.7 Å². The molecule has 0 aliphatic rings. The summed E-state index contributed by atoms with van der Waals surface area (Å²) in [6, 6.07) is 0. The molecule has 33 heavy (non-hydrogen) atoms. The van der Waals surface area contributed by atoms with Gasteiger partial charge in [-0.1, -0.05) is 51.2 Å². The normalized spacial score (nSPS) is 13.0. The molecule has 12 heteroatoms. The van der Waals surface area contributed by atoms with Gasteiger partial charge in [-0.2, -0.15) is 26.3 Å². The molecular weight excluding hydrogens is 468 g/mol.